The molecule has 4 nitrogen and oxygen atoms in total. The van der Waals surface area contributed by atoms with E-state index < -0.39 is 0 Å². The van der Waals surface area contributed by atoms with Crippen LogP contribution in [0.4, 0.5) is 0 Å². The Morgan fingerprint density at radius 1 is 1.54 bits per heavy atom. The minimum atomic E-state index is 0.102. The van der Waals surface area contributed by atoms with Gasteiger partial charge in [0, 0.05) is 17.3 Å². The lowest BCUT2D eigenvalue weighted by atomic mass is 10.1. The Labute approximate surface area is 74.5 Å². The Balaban J connectivity index is 2.54. The predicted molar refractivity (Wildman–Crippen MR) is 46.4 cm³/mol. The van der Waals surface area contributed by atoms with E-state index in [0.717, 1.165) is 0 Å². The molecule has 4 heteroatoms. The van der Waals surface area contributed by atoms with Crippen LogP contribution in [-0.2, 0) is 0 Å². The largest absolute Gasteiger partial charge is 0.337 e. The van der Waals surface area contributed by atoms with Gasteiger partial charge in [0.25, 0.3) is 0 Å². The van der Waals surface area contributed by atoms with Crippen molar-refractivity contribution in [2.24, 2.45) is 0 Å². The lowest BCUT2D eigenvalue weighted by Crippen LogP contribution is -1.95. The summed E-state index contributed by atoms with van der Waals surface area (Å²) in [6, 6.07) is 5.12. The molecule has 0 aliphatic carbocycles. The van der Waals surface area contributed by atoms with Gasteiger partial charge in [-0.3, -0.25) is 4.79 Å². The van der Waals surface area contributed by atoms with Crippen molar-refractivity contribution in [2.45, 2.75) is 13.3 Å². The molecule has 0 saturated carbocycles. The van der Waals surface area contributed by atoms with Crippen LogP contribution in [0.1, 0.15) is 23.7 Å². The first-order valence-corrected chi connectivity index (χ1v) is 4.06. The van der Waals surface area contributed by atoms with Crippen LogP contribution in [0.2, 0.25) is 0 Å². The Kier molecular flexibility index (Phi) is 1.81. The topological polar surface area (TPSA) is 56.0 Å². The van der Waals surface area contributed by atoms with Crippen LogP contribution >= 0.6 is 0 Å². The van der Waals surface area contributed by atoms with Crippen molar-refractivity contribution in [2.75, 3.05) is 0 Å². The van der Waals surface area contributed by atoms with Gasteiger partial charge in [-0.1, -0.05) is 6.92 Å². The van der Waals surface area contributed by atoms with Crippen LogP contribution in [0.5, 0.6) is 0 Å². The monoisotopic (exact) mass is 176 g/mol. The van der Waals surface area contributed by atoms with Gasteiger partial charge in [0.1, 0.15) is 5.52 Å². The first-order valence-electron chi connectivity index (χ1n) is 4.06. The minimum Gasteiger partial charge on any atom is -0.337 e. The standard InChI is InChI=1S/C9H8N2O2/c1-2-8(12)6-3-4-9-7(5-6)10-11-13-9/h3-5H,2H2,1H3. The van der Waals surface area contributed by atoms with Crippen molar-refractivity contribution in [1.29, 1.82) is 0 Å². The maximum atomic E-state index is 11.3. The summed E-state index contributed by atoms with van der Waals surface area (Å²) in [4.78, 5) is 11.3. The summed E-state index contributed by atoms with van der Waals surface area (Å²) in [7, 11) is 0. The van der Waals surface area contributed by atoms with Gasteiger partial charge in [0.2, 0.25) is 0 Å². The van der Waals surface area contributed by atoms with Crippen LogP contribution < -0.4 is 0 Å². The van der Waals surface area contributed by atoms with Crippen LogP contribution in [0.25, 0.3) is 11.1 Å². The van der Waals surface area contributed by atoms with Crippen LogP contribution in [-0.4, -0.2) is 16.2 Å². The third-order valence-corrected chi connectivity index (χ3v) is 1.89. The number of fused-ring (bicyclic) bond motifs is 1. The van der Waals surface area contributed by atoms with Gasteiger partial charge in [-0.05, 0) is 18.2 Å². The molecule has 13 heavy (non-hydrogen) atoms. The van der Waals surface area contributed by atoms with Gasteiger partial charge in [-0.2, -0.15) is 0 Å². The number of rotatable bonds is 2. The molecule has 0 fully saturated rings. The molecule has 2 rings (SSSR count). The first-order chi connectivity index (χ1) is 6.31. The fourth-order valence-electron chi connectivity index (χ4n) is 1.16. The summed E-state index contributed by atoms with van der Waals surface area (Å²) < 4.78 is 4.81. The van der Waals surface area contributed by atoms with Crippen molar-refractivity contribution in [3.63, 3.8) is 0 Å². The fraction of sp³-hybridized carbons (Fsp3) is 0.222. The second kappa shape index (κ2) is 2.97. The molecule has 66 valence electrons. The molecular formula is C9H8N2O2. The van der Waals surface area contributed by atoms with E-state index in [9.17, 15) is 4.79 Å². The number of carbonyl (C=O) groups excluding carboxylic acids is 1. The number of carbonyl (C=O) groups is 1. The zero-order valence-corrected chi connectivity index (χ0v) is 7.15. The molecule has 0 aliphatic heterocycles. The molecule has 0 spiro atoms. The van der Waals surface area contributed by atoms with E-state index in [1.807, 2.05) is 6.92 Å². The highest BCUT2D eigenvalue weighted by Gasteiger charge is 2.06. The maximum Gasteiger partial charge on any atom is 0.187 e. The van der Waals surface area contributed by atoms with E-state index in [1.165, 1.54) is 0 Å². The van der Waals surface area contributed by atoms with Crippen LogP contribution in [0.15, 0.2) is 22.7 Å². The number of nitrogens with zero attached hydrogens (tertiary/aromatic N) is 2. The third-order valence-electron chi connectivity index (χ3n) is 1.89. The van der Waals surface area contributed by atoms with Gasteiger partial charge in [-0.15, -0.1) is 5.10 Å². The van der Waals surface area contributed by atoms with Crippen molar-refractivity contribution >= 4 is 16.9 Å². The van der Waals surface area contributed by atoms with E-state index in [1.54, 1.807) is 18.2 Å². The Bertz CT molecular complexity index is 448. The first kappa shape index (κ1) is 7.91. The van der Waals surface area contributed by atoms with Crippen molar-refractivity contribution in [3.8, 4) is 0 Å². The van der Waals surface area contributed by atoms with Crippen LogP contribution in [0.3, 0.4) is 0 Å². The third kappa shape index (κ3) is 1.30. The lowest BCUT2D eigenvalue weighted by Gasteiger charge is -1.94. The van der Waals surface area contributed by atoms with Gasteiger partial charge < -0.3 is 4.52 Å². The van der Waals surface area contributed by atoms with Crippen molar-refractivity contribution in [1.82, 2.24) is 10.4 Å². The molecule has 2 aromatic rings. The number of ketones is 1. The summed E-state index contributed by atoms with van der Waals surface area (Å²) in [6.07, 6.45) is 0.497. The van der Waals surface area contributed by atoms with Gasteiger partial charge in [0.15, 0.2) is 11.4 Å². The summed E-state index contributed by atoms with van der Waals surface area (Å²) in [5, 5.41) is 7.12. The van der Waals surface area contributed by atoms with Gasteiger partial charge in [-0.25, -0.2) is 0 Å². The molecule has 1 aromatic heterocycles. The van der Waals surface area contributed by atoms with E-state index in [0.29, 0.717) is 23.1 Å². The molecule has 0 amide bonds. The minimum absolute atomic E-state index is 0.102. The zero-order chi connectivity index (χ0) is 9.26. The number of aromatic nitrogens is 2. The Morgan fingerprint density at radius 3 is 3.15 bits per heavy atom. The average Bonchev–Trinajstić information content (AvgIpc) is 2.63. The maximum absolute atomic E-state index is 11.3. The molecular weight excluding hydrogens is 168 g/mol. The highest BCUT2D eigenvalue weighted by molar-refractivity contribution is 5.98. The number of Topliss-reactive ketones (excluding diaryl/α,β-unsaturated/α-hetero) is 1. The summed E-state index contributed by atoms with van der Waals surface area (Å²) in [5.41, 5.74) is 1.89. The SMILES string of the molecule is CCC(=O)c1ccc2onnc2c1. The van der Waals surface area contributed by atoms with E-state index in [2.05, 4.69) is 10.4 Å². The molecule has 1 aromatic carbocycles. The van der Waals surface area contributed by atoms with Crippen molar-refractivity contribution in [3.05, 3.63) is 23.8 Å². The second-order valence-electron chi connectivity index (χ2n) is 2.73. The smallest absolute Gasteiger partial charge is 0.187 e. The molecule has 0 atom stereocenters. The van der Waals surface area contributed by atoms with Gasteiger partial charge >= 0.3 is 0 Å². The second-order valence-corrected chi connectivity index (χ2v) is 2.73. The van der Waals surface area contributed by atoms with Crippen molar-refractivity contribution < 1.29 is 9.32 Å². The van der Waals surface area contributed by atoms with E-state index in [-0.39, 0.29) is 5.78 Å². The summed E-state index contributed by atoms with van der Waals surface area (Å²) in [5.74, 6) is 0.102. The molecule has 0 radical (unpaired) electrons. The summed E-state index contributed by atoms with van der Waals surface area (Å²) >= 11 is 0. The molecule has 0 N–H and O–H groups in total. The summed E-state index contributed by atoms with van der Waals surface area (Å²) in [6.45, 7) is 1.83. The van der Waals surface area contributed by atoms with Crippen LogP contribution in [0, 0.1) is 0 Å². The zero-order valence-electron chi connectivity index (χ0n) is 7.15. The van der Waals surface area contributed by atoms with E-state index >= 15 is 0 Å². The normalized spacial score (nSPS) is 10.5. The highest BCUT2D eigenvalue weighted by Crippen LogP contribution is 2.13. The average molecular weight is 176 g/mol. The lowest BCUT2D eigenvalue weighted by molar-refractivity contribution is 0.0988. The van der Waals surface area contributed by atoms with E-state index in [4.69, 9.17) is 4.52 Å². The number of benzene rings is 1. The number of hydrogen-bond donors (Lipinski definition) is 0. The van der Waals surface area contributed by atoms with Gasteiger partial charge in [0.05, 0.1) is 0 Å². The molecule has 0 aliphatic rings. The molecule has 0 saturated heterocycles. The predicted octanol–water partition coefficient (Wildman–Crippen LogP) is 1.82. The molecule has 0 unspecified atom stereocenters. The molecule has 0 bridgehead atoms. The molecule has 1 heterocycles. The number of hydrogen-bond acceptors (Lipinski definition) is 4. The fourth-order valence-corrected chi connectivity index (χ4v) is 1.16. The Hall–Kier alpha value is -1.71. The Morgan fingerprint density at radius 2 is 2.38 bits per heavy atom. The highest BCUT2D eigenvalue weighted by atomic mass is 16.5. The quantitative estimate of drug-likeness (QED) is 0.655.